The quantitative estimate of drug-likeness (QED) is 0.875. The monoisotopic (exact) mass is 258 g/mol. The molecule has 1 aromatic carbocycles. The average molecular weight is 258 g/mol. The summed E-state index contributed by atoms with van der Waals surface area (Å²) in [7, 11) is 0. The molecule has 1 atom stereocenters. The van der Waals surface area contributed by atoms with Gasteiger partial charge in [0, 0.05) is 18.8 Å². The van der Waals surface area contributed by atoms with Gasteiger partial charge >= 0.3 is 0 Å². The lowest BCUT2D eigenvalue weighted by molar-refractivity contribution is -0.123. The molecule has 3 nitrogen and oxygen atoms in total. The van der Waals surface area contributed by atoms with Crippen molar-refractivity contribution in [3.05, 3.63) is 29.8 Å². The van der Waals surface area contributed by atoms with Gasteiger partial charge in [0.05, 0.1) is 5.92 Å². The van der Waals surface area contributed by atoms with E-state index in [1.807, 2.05) is 12.1 Å². The van der Waals surface area contributed by atoms with E-state index in [-0.39, 0.29) is 11.8 Å². The van der Waals surface area contributed by atoms with Crippen LogP contribution in [0.25, 0.3) is 0 Å². The molecule has 0 radical (unpaired) electrons. The van der Waals surface area contributed by atoms with E-state index in [1.54, 1.807) is 0 Å². The summed E-state index contributed by atoms with van der Waals surface area (Å²) in [6, 6.07) is 8.15. The zero-order valence-corrected chi connectivity index (χ0v) is 11.5. The second-order valence-electron chi connectivity index (χ2n) is 6.24. The minimum Gasteiger partial charge on any atom is -0.385 e. The van der Waals surface area contributed by atoms with E-state index >= 15 is 0 Å². The third-order valence-corrected chi connectivity index (χ3v) is 4.65. The molecule has 1 unspecified atom stereocenters. The molecule has 1 heterocycles. The first-order chi connectivity index (χ1) is 9.18. The number of anilines is 1. The number of rotatable bonds is 3. The van der Waals surface area contributed by atoms with Gasteiger partial charge in [0.15, 0.2) is 0 Å². The normalized spacial score (nSPS) is 23.7. The van der Waals surface area contributed by atoms with E-state index in [1.165, 1.54) is 19.3 Å². The highest BCUT2D eigenvalue weighted by atomic mass is 16.1. The third kappa shape index (κ3) is 2.46. The molecule has 0 spiro atoms. The fourth-order valence-corrected chi connectivity index (χ4v) is 3.12. The Morgan fingerprint density at radius 1 is 1.42 bits per heavy atom. The predicted octanol–water partition coefficient (Wildman–Crippen LogP) is 2.89. The Bertz CT molecular complexity index is 479. The van der Waals surface area contributed by atoms with Crippen LogP contribution in [0.3, 0.4) is 0 Å². The maximum absolute atomic E-state index is 12.4. The van der Waals surface area contributed by atoms with Crippen molar-refractivity contribution in [1.29, 1.82) is 0 Å². The number of benzene rings is 1. The summed E-state index contributed by atoms with van der Waals surface area (Å²) in [5.74, 6) is 0.211. The second-order valence-corrected chi connectivity index (χ2v) is 6.24. The van der Waals surface area contributed by atoms with Crippen LogP contribution in [0.15, 0.2) is 24.3 Å². The third-order valence-electron chi connectivity index (χ3n) is 4.65. The molecular weight excluding hydrogens is 236 g/mol. The van der Waals surface area contributed by atoms with E-state index in [9.17, 15) is 4.79 Å². The molecular formula is C16H22N2O. The molecule has 3 heteroatoms. The molecule has 19 heavy (non-hydrogen) atoms. The molecule has 1 saturated carbocycles. The van der Waals surface area contributed by atoms with Gasteiger partial charge < -0.3 is 10.6 Å². The Hall–Kier alpha value is -1.51. The Labute approximate surface area is 114 Å². The first-order valence-corrected chi connectivity index (χ1v) is 7.28. The van der Waals surface area contributed by atoms with Crippen LogP contribution in [0.2, 0.25) is 0 Å². The number of hydrogen-bond donors (Lipinski definition) is 2. The molecule has 0 aromatic heterocycles. The highest BCUT2D eigenvalue weighted by molar-refractivity contribution is 5.86. The number of hydrogen-bond acceptors (Lipinski definition) is 2. The average Bonchev–Trinajstić information content (AvgIpc) is 2.42. The molecule has 102 valence electrons. The molecule has 1 aliphatic carbocycles. The molecule has 1 aliphatic heterocycles. The molecule has 0 bridgehead atoms. The number of nitrogens with one attached hydrogen (secondary N) is 2. The summed E-state index contributed by atoms with van der Waals surface area (Å²) in [4.78, 5) is 12.4. The second kappa shape index (κ2) is 4.87. The highest BCUT2D eigenvalue weighted by Gasteiger charge is 2.33. The lowest BCUT2D eigenvalue weighted by Gasteiger charge is -2.39. The Morgan fingerprint density at radius 3 is 2.95 bits per heavy atom. The zero-order chi connectivity index (χ0) is 13.3. The van der Waals surface area contributed by atoms with Gasteiger partial charge in [0.1, 0.15) is 0 Å². The molecule has 0 saturated heterocycles. The van der Waals surface area contributed by atoms with Crippen molar-refractivity contribution < 1.29 is 4.79 Å². The Kier molecular flexibility index (Phi) is 3.21. The SMILES string of the molecule is CC1(CNC(=O)C2CCNc3ccccc32)CCC1. The van der Waals surface area contributed by atoms with Gasteiger partial charge in [-0.3, -0.25) is 4.79 Å². The van der Waals surface area contributed by atoms with Gasteiger partial charge in [-0.05, 0) is 36.3 Å². The number of amides is 1. The van der Waals surface area contributed by atoms with Crippen molar-refractivity contribution in [2.24, 2.45) is 5.41 Å². The van der Waals surface area contributed by atoms with E-state index in [2.05, 4.69) is 29.7 Å². The maximum Gasteiger partial charge on any atom is 0.227 e. The van der Waals surface area contributed by atoms with E-state index in [4.69, 9.17) is 0 Å². The molecule has 1 aromatic rings. The fourth-order valence-electron chi connectivity index (χ4n) is 3.12. The number of carbonyl (C=O) groups excluding carboxylic acids is 1. The van der Waals surface area contributed by atoms with Crippen LogP contribution >= 0.6 is 0 Å². The maximum atomic E-state index is 12.4. The summed E-state index contributed by atoms with van der Waals surface area (Å²) < 4.78 is 0. The van der Waals surface area contributed by atoms with Crippen molar-refractivity contribution in [3.63, 3.8) is 0 Å². The van der Waals surface area contributed by atoms with Gasteiger partial charge in [-0.25, -0.2) is 0 Å². The number of fused-ring (bicyclic) bond motifs is 1. The lowest BCUT2D eigenvalue weighted by Crippen LogP contribution is -2.42. The molecule has 2 N–H and O–H groups in total. The van der Waals surface area contributed by atoms with E-state index in [0.717, 1.165) is 30.8 Å². The molecule has 2 aliphatic rings. The fraction of sp³-hybridized carbons (Fsp3) is 0.562. The summed E-state index contributed by atoms with van der Waals surface area (Å²) in [5.41, 5.74) is 2.61. The smallest absolute Gasteiger partial charge is 0.227 e. The summed E-state index contributed by atoms with van der Waals surface area (Å²) in [6.45, 7) is 3.98. The Balaban J connectivity index is 1.67. The lowest BCUT2D eigenvalue weighted by atomic mass is 9.70. The van der Waals surface area contributed by atoms with E-state index in [0.29, 0.717) is 5.41 Å². The minimum absolute atomic E-state index is 0.0149. The van der Waals surface area contributed by atoms with Crippen LogP contribution in [0.1, 0.15) is 44.1 Å². The van der Waals surface area contributed by atoms with Crippen LogP contribution < -0.4 is 10.6 Å². The van der Waals surface area contributed by atoms with Crippen LogP contribution in [-0.4, -0.2) is 19.0 Å². The van der Waals surface area contributed by atoms with E-state index < -0.39 is 0 Å². The first kappa shape index (κ1) is 12.5. The van der Waals surface area contributed by atoms with Crippen LogP contribution in [-0.2, 0) is 4.79 Å². The summed E-state index contributed by atoms with van der Waals surface area (Å²) in [5, 5.41) is 6.53. The van der Waals surface area contributed by atoms with Gasteiger partial charge in [-0.1, -0.05) is 31.5 Å². The summed E-state index contributed by atoms with van der Waals surface area (Å²) in [6.07, 6.45) is 4.69. The van der Waals surface area contributed by atoms with Crippen molar-refractivity contribution in [1.82, 2.24) is 5.32 Å². The molecule has 1 fully saturated rings. The highest BCUT2D eigenvalue weighted by Crippen LogP contribution is 2.39. The predicted molar refractivity (Wildman–Crippen MR) is 77.3 cm³/mol. The first-order valence-electron chi connectivity index (χ1n) is 7.28. The van der Waals surface area contributed by atoms with Crippen LogP contribution in [0.5, 0.6) is 0 Å². The summed E-state index contributed by atoms with van der Waals surface area (Å²) >= 11 is 0. The minimum atomic E-state index is 0.0149. The standard InChI is InChI=1S/C16H22N2O/c1-16(8-4-9-16)11-18-15(19)13-7-10-17-14-6-3-2-5-12(13)14/h2-3,5-6,13,17H,4,7-11H2,1H3,(H,18,19). The van der Waals surface area contributed by atoms with Gasteiger partial charge in [0.25, 0.3) is 0 Å². The van der Waals surface area contributed by atoms with Gasteiger partial charge in [-0.15, -0.1) is 0 Å². The molecule has 3 rings (SSSR count). The van der Waals surface area contributed by atoms with Crippen molar-refractivity contribution in [2.45, 2.75) is 38.5 Å². The van der Waals surface area contributed by atoms with Crippen molar-refractivity contribution in [3.8, 4) is 0 Å². The van der Waals surface area contributed by atoms with Crippen molar-refractivity contribution >= 4 is 11.6 Å². The van der Waals surface area contributed by atoms with Gasteiger partial charge in [0.2, 0.25) is 5.91 Å². The topological polar surface area (TPSA) is 41.1 Å². The van der Waals surface area contributed by atoms with Crippen LogP contribution in [0.4, 0.5) is 5.69 Å². The van der Waals surface area contributed by atoms with Gasteiger partial charge in [-0.2, -0.15) is 0 Å². The Morgan fingerprint density at radius 2 is 2.21 bits per heavy atom. The zero-order valence-electron chi connectivity index (χ0n) is 11.5. The van der Waals surface area contributed by atoms with Crippen molar-refractivity contribution in [2.75, 3.05) is 18.4 Å². The largest absolute Gasteiger partial charge is 0.385 e. The molecule has 1 amide bonds. The van der Waals surface area contributed by atoms with Crippen LogP contribution in [0, 0.1) is 5.41 Å². The number of para-hydroxylation sites is 1. The number of carbonyl (C=O) groups is 1.